The van der Waals surface area contributed by atoms with Crippen molar-refractivity contribution >= 4 is 17.2 Å². The molecule has 1 aromatic heterocycles. The first-order chi connectivity index (χ1) is 9.30. The van der Waals surface area contributed by atoms with Gasteiger partial charge in [0.05, 0.1) is 6.61 Å². The second-order valence-electron chi connectivity index (χ2n) is 4.73. The van der Waals surface area contributed by atoms with Crippen LogP contribution < -0.4 is 11.3 Å². The average Bonchev–Trinajstić information content (AvgIpc) is 2.61. The molecule has 2 rings (SSSR count). The maximum absolute atomic E-state index is 12.2. The first-order valence-corrected chi connectivity index (χ1v) is 6.25. The summed E-state index contributed by atoms with van der Waals surface area (Å²) >= 11 is 4.72. The fraction of sp³-hybridized carbons (Fsp3) is 0.545. The smallest absolute Gasteiger partial charge is 0.281 e. The third-order valence-corrected chi connectivity index (χ3v) is 3.48. The minimum Gasteiger partial charge on any atom is -0.394 e. The van der Waals surface area contributed by atoms with Gasteiger partial charge in [-0.25, -0.2) is 4.98 Å². The normalized spacial score (nSPS) is 33.3. The Kier molecular flexibility index (Phi) is 3.89. The Morgan fingerprint density at radius 2 is 2.35 bits per heavy atom. The number of hydrogen-bond acceptors (Lipinski definition) is 7. The average molecular weight is 301 g/mol. The van der Waals surface area contributed by atoms with E-state index in [4.69, 9.17) is 27.8 Å². The van der Waals surface area contributed by atoms with Gasteiger partial charge in [-0.1, -0.05) is 12.2 Å². The molecule has 1 aliphatic heterocycles. The molecule has 1 fully saturated rings. The fourth-order valence-corrected chi connectivity index (χ4v) is 2.31. The number of aliphatic hydroxyl groups is 3. The van der Waals surface area contributed by atoms with Crippen LogP contribution in [0.2, 0.25) is 0 Å². The highest BCUT2D eigenvalue weighted by molar-refractivity contribution is 7.80. The molecule has 0 amide bonds. The highest BCUT2D eigenvalue weighted by Gasteiger charge is 2.53. The molecule has 2 unspecified atom stereocenters. The number of ether oxygens (including phenoxy) is 1. The SMILES string of the molecule is CC1(O)C(O)[C@@H](CO)O[C@H]1n1ccnc(C(N)=S)c1=O. The van der Waals surface area contributed by atoms with Crippen molar-refractivity contribution in [2.24, 2.45) is 5.73 Å². The van der Waals surface area contributed by atoms with Crippen molar-refractivity contribution in [2.45, 2.75) is 31.0 Å². The predicted octanol–water partition coefficient (Wildman–Crippen LogP) is -2.12. The molecule has 110 valence electrons. The van der Waals surface area contributed by atoms with Crippen molar-refractivity contribution in [1.29, 1.82) is 0 Å². The van der Waals surface area contributed by atoms with Gasteiger partial charge in [-0.15, -0.1) is 0 Å². The van der Waals surface area contributed by atoms with Crippen LogP contribution in [0.15, 0.2) is 17.2 Å². The highest BCUT2D eigenvalue weighted by atomic mass is 32.1. The third kappa shape index (κ3) is 2.23. The molecule has 20 heavy (non-hydrogen) atoms. The van der Waals surface area contributed by atoms with E-state index in [1.165, 1.54) is 19.3 Å². The number of thiocarbonyl (C=S) groups is 1. The molecule has 1 saturated heterocycles. The summed E-state index contributed by atoms with van der Waals surface area (Å²) in [6.45, 7) is 0.821. The fourth-order valence-electron chi connectivity index (χ4n) is 2.17. The number of nitrogens with zero attached hydrogens (tertiary/aromatic N) is 2. The predicted molar refractivity (Wildman–Crippen MR) is 72.0 cm³/mol. The van der Waals surface area contributed by atoms with E-state index in [1.807, 2.05) is 0 Å². The van der Waals surface area contributed by atoms with Crippen LogP contribution in [0, 0.1) is 0 Å². The molecule has 0 radical (unpaired) electrons. The minimum atomic E-state index is -1.76. The molecule has 2 heterocycles. The maximum atomic E-state index is 12.2. The summed E-state index contributed by atoms with van der Waals surface area (Å²) in [5.74, 6) is 0. The zero-order chi connectivity index (χ0) is 15.1. The minimum absolute atomic E-state index is 0.135. The van der Waals surface area contributed by atoms with E-state index in [-0.39, 0.29) is 10.7 Å². The van der Waals surface area contributed by atoms with Crippen LogP contribution in [-0.2, 0) is 4.74 Å². The first-order valence-electron chi connectivity index (χ1n) is 5.84. The largest absolute Gasteiger partial charge is 0.394 e. The quantitative estimate of drug-likeness (QED) is 0.466. The van der Waals surface area contributed by atoms with Crippen LogP contribution in [0.1, 0.15) is 18.8 Å². The van der Waals surface area contributed by atoms with E-state index < -0.39 is 36.2 Å². The lowest BCUT2D eigenvalue weighted by Gasteiger charge is -2.27. The molecule has 1 aromatic rings. The van der Waals surface area contributed by atoms with Crippen LogP contribution in [0.4, 0.5) is 0 Å². The van der Waals surface area contributed by atoms with Crippen molar-refractivity contribution in [3.8, 4) is 0 Å². The second-order valence-corrected chi connectivity index (χ2v) is 5.17. The molecule has 0 spiro atoms. The van der Waals surface area contributed by atoms with Crippen LogP contribution in [0.5, 0.6) is 0 Å². The number of hydrogen-bond donors (Lipinski definition) is 4. The Hall–Kier alpha value is -1.39. The zero-order valence-electron chi connectivity index (χ0n) is 10.6. The lowest BCUT2D eigenvalue weighted by Crippen LogP contribution is -2.46. The van der Waals surface area contributed by atoms with Gasteiger partial charge in [0.25, 0.3) is 5.56 Å². The molecule has 0 saturated carbocycles. The van der Waals surface area contributed by atoms with Crippen molar-refractivity contribution in [3.63, 3.8) is 0 Å². The molecular formula is C11H15N3O5S. The van der Waals surface area contributed by atoms with Crippen molar-refractivity contribution in [2.75, 3.05) is 6.61 Å². The Labute approximate surface area is 119 Å². The summed E-state index contributed by atoms with van der Waals surface area (Å²) in [6, 6.07) is 0. The zero-order valence-corrected chi connectivity index (χ0v) is 11.4. The summed E-state index contributed by atoms with van der Waals surface area (Å²) < 4.78 is 6.38. The molecule has 0 bridgehead atoms. The topological polar surface area (TPSA) is 131 Å². The van der Waals surface area contributed by atoms with E-state index in [0.29, 0.717) is 0 Å². The Morgan fingerprint density at radius 1 is 1.70 bits per heavy atom. The number of aromatic nitrogens is 2. The molecule has 0 aliphatic carbocycles. The van der Waals surface area contributed by atoms with Crippen molar-refractivity contribution < 1.29 is 20.1 Å². The van der Waals surface area contributed by atoms with Crippen molar-refractivity contribution in [1.82, 2.24) is 9.55 Å². The van der Waals surface area contributed by atoms with Gasteiger partial charge >= 0.3 is 0 Å². The number of rotatable bonds is 3. The molecule has 9 heteroatoms. The Morgan fingerprint density at radius 3 is 2.85 bits per heavy atom. The number of aliphatic hydroxyl groups excluding tert-OH is 2. The molecule has 1 aliphatic rings. The molecule has 8 nitrogen and oxygen atoms in total. The lowest BCUT2D eigenvalue weighted by molar-refractivity contribution is -0.0983. The maximum Gasteiger partial charge on any atom is 0.281 e. The summed E-state index contributed by atoms with van der Waals surface area (Å²) in [6.07, 6.45) is -0.948. The summed E-state index contributed by atoms with van der Waals surface area (Å²) in [4.78, 5) is 15.8. The summed E-state index contributed by atoms with van der Waals surface area (Å²) in [7, 11) is 0. The van der Waals surface area contributed by atoms with Crippen molar-refractivity contribution in [3.05, 3.63) is 28.4 Å². The van der Waals surface area contributed by atoms with Crippen LogP contribution in [0.3, 0.4) is 0 Å². The molecular weight excluding hydrogens is 286 g/mol. The van der Waals surface area contributed by atoms with Gasteiger partial charge in [0.1, 0.15) is 22.8 Å². The van der Waals surface area contributed by atoms with E-state index in [9.17, 15) is 15.0 Å². The van der Waals surface area contributed by atoms with Crippen LogP contribution in [0.25, 0.3) is 0 Å². The Bertz CT molecular complexity index is 588. The monoisotopic (exact) mass is 301 g/mol. The van der Waals surface area contributed by atoms with E-state index in [1.54, 1.807) is 0 Å². The number of nitrogens with two attached hydrogens (primary N) is 1. The lowest BCUT2D eigenvalue weighted by atomic mass is 9.96. The Balaban J connectivity index is 2.50. The molecule has 5 N–H and O–H groups in total. The van der Waals surface area contributed by atoms with E-state index in [2.05, 4.69) is 4.98 Å². The van der Waals surface area contributed by atoms with Gasteiger partial charge in [-0.3, -0.25) is 9.36 Å². The van der Waals surface area contributed by atoms with Gasteiger partial charge in [-0.2, -0.15) is 0 Å². The highest BCUT2D eigenvalue weighted by Crippen LogP contribution is 2.37. The summed E-state index contributed by atoms with van der Waals surface area (Å²) in [5.41, 5.74) is 2.86. The first kappa shape index (κ1) is 15.0. The van der Waals surface area contributed by atoms with E-state index in [0.717, 1.165) is 4.57 Å². The standard InChI is InChI=1S/C11H15N3O5S/c1-11(18)7(16)5(4-15)19-10(11)14-3-2-13-6(8(12)20)9(14)17/h2-3,5,7,10,15-16,18H,4H2,1H3,(H2,12,20)/t5-,7?,10-,11?/m1/s1. The van der Waals surface area contributed by atoms with E-state index >= 15 is 0 Å². The molecule has 0 aromatic carbocycles. The van der Waals surface area contributed by atoms with Gasteiger partial charge < -0.3 is 25.8 Å². The second kappa shape index (κ2) is 5.19. The third-order valence-electron chi connectivity index (χ3n) is 3.29. The van der Waals surface area contributed by atoms with Crippen LogP contribution >= 0.6 is 12.2 Å². The molecule has 4 atom stereocenters. The van der Waals surface area contributed by atoms with Gasteiger partial charge in [0.15, 0.2) is 11.9 Å². The van der Waals surface area contributed by atoms with Crippen LogP contribution in [-0.4, -0.2) is 54.3 Å². The van der Waals surface area contributed by atoms with Gasteiger partial charge in [0.2, 0.25) is 0 Å². The summed E-state index contributed by atoms with van der Waals surface area (Å²) in [5, 5.41) is 29.3. The van der Waals surface area contributed by atoms with Gasteiger partial charge in [0, 0.05) is 12.4 Å². The van der Waals surface area contributed by atoms with Gasteiger partial charge in [-0.05, 0) is 6.92 Å².